The van der Waals surface area contributed by atoms with Crippen LogP contribution in [0.3, 0.4) is 0 Å². The Labute approximate surface area is 115 Å². The van der Waals surface area contributed by atoms with Crippen molar-refractivity contribution in [3.05, 3.63) is 59.4 Å². The zero-order valence-corrected chi connectivity index (χ0v) is 10.5. The van der Waals surface area contributed by atoms with E-state index in [1.807, 2.05) is 0 Å². The number of carbonyl (C=O) groups is 2. The predicted octanol–water partition coefficient (Wildman–Crippen LogP) is 1.63. The van der Waals surface area contributed by atoms with Gasteiger partial charge in [0.1, 0.15) is 6.04 Å². The van der Waals surface area contributed by atoms with Crippen LogP contribution in [0, 0.1) is 0 Å². The lowest BCUT2D eigenvalue weighted by Gasteiger charge is -2.13. The van der Waals surface area contributed by atoms with E-state index >= 15 is 0 Å². The highest BCUT2D eigenvalue weighted by Gasteiger charge is 2.19. The Kier molecular flexibility index (Phi) is 4.17. The summed E-state index contributed by atoms with van der Waals surface area (Å²) in [6.07, 6.45) is 1.66. The van der Waals surface area contributed by atoms with Crippen molar-refractivity contribution in [3.63, 3.8) is 0 Å². The molecule has 1 aromatic carbocycles. The van der Waals surface area contributed by atoms with Gasteiger partial charge in [0.15, 0.2) is 0 Å². The van der Waals surface area contributed by atoms with Gasteiger partial charge in [-0.25, -0.2) is 4.79 Å². The molecule has 6 heteroatoms. The quantitative estimate of drug-likeness (QED) is 0.641. The molecule has 1 heterocycles. The van der Waals surface area contributed by atoms with E-state index in [0.717, 1.165) is 5.56 Å². The first-order valence-corrected chi connectivity index (χ1v) is 5.99. The average Bonchev–Trinajstić information content (AvgIpc) is 2.93. The van der Waals surface area contributed by atoms with Crippen LogP contribution in [0.15, 0.2) is 42.6 Å². The number of carboxylic acids is 2. The average molecular weight is 274 g/mol. The van der Waals surface area contributed by atoms with Crippen LogP contribution in [-0.2, 0) is 11.3 Å². The number of nitrogens with one attached hydrogen (secondary N) is 2. The van der Waals surface area contributed by atoms with Gasteiger partial charge in [0.25, 0.3) is 0 Å². The molecular formula is C14H14N2O4. The number of carboxylic acid groups (broad SMARTS) is 2. The number of rotatable bonds is 6. The van der Waals surface area contributed by atoms with Gasteiger partial charge in [-0.2, -0.15) is 0 Å². The number of aliphatic carboxylic acids is 1. The standard InChI is InChI=1S/C14H14N2O4/c17-13(18)10-5-3-9(4-6-10)8-16-12(14(19)20)11-2-1-7-15-11/h1-7,12,15-16H,8H2,(H,17,18)(H,19,20). The summed E-state index contributed by atoms with van der Waals surface area (Å²) >= 11 is 0. The molecule has 0 spiro atoms. The highest BCUT2D eigenvalue weighted by Crippen LogP contribution is 2.12. The maximum atomic E-state index is 11.2. The van der Waals surface area contributed by atoms with Gasteiger partial charge in [0.2, 0.25) is 0 Å². The zero-order valence-electron chi connectivity index (χ0n) is 10.5. The molecule has 104 valence electrons. The summed E-state index contributed by atoms with van der Waals surface area (Å²) in [7, 11) is 0. The summed E-state index contributed by atoms with van der Waals surface area (Å²) in [5, 5.41) is 20.9. The second kappa shape index (κ2) is 6.03. The fourth-order valence-corrected chi connectivity index (χ4v) is 1.84. The Hall–Kier alpha value is -2.60. The Balaban J connectivity index is 2.03. The molecule has 1 unspecified atom stereocenters. The van der Waals surface area contributed by atoms with Gasteiger partial charge in [0.05, 0.1) is 5.56 Å². The van der Waals surface area contributed by atoms with Crippen LogP contribution in [0.25, 0.3) is 0 Å². The van der Waals surface area contributed by atoms with Crippen LogP contribution >= 0.6 is 0 Å². The third-order valence-corrected chi connectivity index (χ3v) is 2.89. The van der Waals surface area contributed by atoms with Crippen molar-refractivity contribution in [2.45, 2.75) is 12.6 Å². The van der Waals surface area contributed by atoms with Crippen molar-refractivity contribution in [2.24, 2.45) is 0 Å². The molecule has 0 fully saturated rings. The topological polar surface area (TPSA) is 102 Å². The maximum absolute atomic E-state index is 11.2. The van der Waals surface area contributed by atoms with Crippen LogP contribution in [0.1, 0.15) is 27.7 Å². The Bertz CT molecular complexity index is 590. The SMILES string of the molecule is O=C(O)c1ccc(CNC(C(=O)O)c2ccc[nH]2)cc1. The molecule has 20 heavy (non-hydrogen) atoms. The van der Waals surface area contributed by atoms with Crippen molar-refractivity contribution in [3.8, 4) is 0 Å². The zero-order chi connectivity index (χ0) is 14.5. The van der Waals surface area contributed by atoms with E-state index in [9.17, 15) is 14.7 Å². The van der Waals surface area contributed by atoms with Crippen molar-refractivity contribution in [2.75, 3.05) is 0 Å². The number of aromatic nitrogens is 1. The number of benzene rings is 1. The van der Waals surface area contributed by atoms with Crippen molar-refractivity contribution in [1.29, 1.82) is 0 Å². The van der Waals surface area contributed by atoms with E-state index in [4.69, 9.17) is 5.11 Å². The number of H-pyrrole nitrogens is 1. The van der Waals surface area contributed by atoms with Crippen LogP contribution in [0.4, 0.5) is 0 Å². The van der Waals surface area contributed by atoms with E-state index in [-0.39, 0.29) is 5.56 Å². The molecule has 0 radical (unpaired) electrons. The molecule has 0 aliphatic carbocycles. The van der Waals surface area contributed by atoms with Gasteiger partial charge < -0.3 is 15.2 Å². The molecule has 0 saturated heterocycles. The first-order valence-electron chi connectivity index (χ1n) is 5.99. The van der Waals surface area contributed by atoms with Crippen LogP contribution in [0.5, 0.6) is 0 Å². The number of hydrogen-bond acceptors (Lipinski definition) is 3. The molecular weight excluding hydrogens is 260 g/mol. The molecule has 2 rings (SSSR count). The third kappa shape index (κ3) is 3.24. The predicted molar refractivity (Wildman–Crippen MR) is 71.4 cm³/mol. The molecule has 0 bridgehead atoms. The van der Waals surface area contributed by atoms with E-state index in [1.165, 1.54) is 12.1 Å². The second-order valence-corrected chi connectivity index (χ2v) is 4.28. The van der Waals surface area contributed by atoms with Gasteiger partial charge in [0, 0.05) is 18.4 Å². The molecule has 0 aliphatic rings. The largest absolute Gasteiger partial charge is 0.480 e. The molecule has 0 amide bonds. The van der Waals surface area contributed by atoms with E-state index < -0.39 is 18.0 Å². The van der Waals surface area contributed by atoms with Gasteiger partial charge in [-0.15, -0.1) is 0 Å². The van der Waals surface area contributed by atoms with E-state index in [0.29, 0.717) is 12.2 Å². The van der Waals surface area contributed by atoms with Crippen molar-refractivity contribution >= 4 is 11.9 Å². The molecule has 1 atom stereocenters. The molecule has 6 nitrogen and oxygen atoms in total. The maximum Gasteiger partial charge on any atom is 0.335 e. The van der Waals surface area contributed by atoms with Crippen LogP contribution in [-0.4, -0.2) is 27.1 Å². The van der Waals surface area contributed by atoms with Crippen molar-refractivity contribution < 1.29 is 19.8 Å². The highest BCUT2D eigenvalue weighted by molar-refractivity contribution is 5.87. The summed E-state index contributed by atoms with van der Waals surface area (Å²) in [5.41, 5.74) is 1.58. The van der Waals surface area contributed by atoms with Gasteiger partial charge in [-0.05, 0) is 29.8 Å². The van der Waals surface area contributed by atoms with E-state index in [2.05, 4.69) is 10.3 Å². The fraction of sp³-hybridized carbons (Fsp3) is 0.143. The smallest absolute Gasteiger partial charge is 0.335 e. The molecule has 1 aromatic heterocycles. The lowest BCUT2D eigenvalue weighted by Crippen LogP contribution is -2.28. The number of aromatic carboxylic acids is 1. The normalized spacial score (nSPS) is 12.0. The molecule has 0 saturated carbocycles. The summed E-state index contributed by atoms with van der Waals surface area (Å²) in [5.74, 6) is -1.96. The summed E-state index contributed by atoms with van der Waals surface area (Å²) < 4.78 is 0. The lowest BCUT2D eigenvalue weighted by atomic mass is 10.1. The fourth-order valence-electron chi connectivity index (χ4n) is 1.84. The minimum absolute atomic E-state index is 0.202. The highest BCUT2D eigenvalue weighted by atomic mass is 16.4. The number of hydrogen-bond donors (Lipinski definition) is 4. The van der Waals surface area contributed by atoms with Crippen LogP contribution < -0.4 is 5.32 Å². The third-order valence-electron chi connectivity index (χ3n) is 2.89. The second-order valence-electron chi connectivity index (χ2n) is 4.28. The van der Waals surface area contributed by atoms with Crippen LogP contribution in [0.2, 0.25) is 0 Å². The Morgan fingerprint density at radius 1 is 1.15 bits per heavy atom. The van der Waals surface area contributed by atoms with Gasteiger partial charge in [-0.1, -0.05) is 12.1 Å². The molecule has 2 aromatic rings. The monoisotopic (exact) mass is 274 g/mol. The summed E-state index contributed by atoms with van der Waals surface area (Å²) in [6.45, 7) is 0.329. The number of aromatic amines is 1. The molecule has 4 N–H and O–H groups in total. The van der Waals surface area contributed by atoms with Gasteiger partial charge in [-0.3, -0.25) is 10.1 Å². The summed E-state index contributed by atoms with van der Waals surface area (Å²) in [4.78, 5) is 24.8. The summed E-state index contributed by atoms with van der Waals surface area (Å²) in [6, 6.07) is 8.89. The van der Waals surface area contributed by atoms with Gasteiger partial charge >= 0.3 is 11.9 Å². The minimum Gasteiger partial charge on any atom is -0.480 e. The Morgan fingerprint density at radius 3 is 2.35 bits per heavy atom. The Morgan fingerprint density at radius 2 is 1.85 bits per heavy atom. The van der Waals surface area contributed by atoms with E-state index in [1.54, 1.807) is 30.5 Å². The first-order chi connectivity index (χ1) is 9.58. The van der Waals surface area contributed by atoms with Crippen molar-refractivity contribution in [1.82, 2.24) is 10.3 Å². The molecule has 0 aliphatic heterocycles. The minimum atomic E-state index is -0.987. The lowest BCUT2D eigenvalue weighted by molar-refractivity contribution is -0.139. The first kappa shape index (κ1) is 13.8.